The van der Waals surface area contributed by atoms with Gasteiger partial charge in [0.25, 0.3) is 0 Å². The summed E-state index contributed by atoms with van der Waals surface area (Å²) in [5.74, 6) is 0.821. The van der Waals surface area contributed by atoms with Crippen molar-refractivity contribution in [1.82, 2.24) is 0 Å². The van der Waals surface area contributed by atoms with E-state index in [-0.39, 0.29) is 0 Å². The minimum absolute atomic E-state index is 0.638. The van der Waals surface area contributed by atoms with Gasteiger partial charge in [-0.05, 0) is 19.3 Å². The maximum atomic E-state index is 10.8. The second-order valence-electron chi connectivity index (χ2n) is 5.78. The van der Waals surface area contributed by atoms with Crippen LogP contribution in [0.2, 0.25) is 0 Å². The van der Waals surface area contributed by atoms with Crippen LogP contribution < -0.4 is 0 Å². The highest BCUT2D eigenvalue weighted by molar-refractivity contribution is 7.84. The van der Waals surface area contributed by atoms with Crippen molar-refractivity contribution < 1.29 is 8.95 Å². The topological polar surface area (TPSA) is 26.3 Å². The van der Waals surface area contributed by atoms with E-state index in [1.165, 1.54) is 64.2 Å². The highest BCUT2D eigenvalue weighted by Gasteiger charge is 1.95. The third-order valence-electron chi connectivity index (χ3n) is 3.61. The maximum absolute atomic E-state index is 10.8. The lowest BCUT2D eigenvalue weighted by molar-refractivity contribution is 0.127. The van der Waals surface area contributed by atoms with Crippen LogP contribution in [0.25, 0.3) is 0 Å². The molecule has 0 heterocycles. The molecule has 0 fully saturated rings. The molecule has 122 valence electrons. The first-order chi connectivity index (χ1) is 9.77. The Hall–Kier alpha value is 0.110. The Morgan fingerprint density at radius 1 is 0.700 bits per heavy atom. The molecule has 0 aromatic heterocycles. The van der Waals surface area contributed by atoms with Gasteiger partial charge in [-0.2, -0.15) is 0 Å². The third kappa shape index (κ3) is 18.1. The highest BCUT2D eigenvalue weighted by Crippen LogP contribution is 2.10. The average molecular weight is 305 g/mol. The normalized spacial score (nSPS) is 12.7. The van der Waals surface area contributed by atoms with E-state index in [0.29, 0.717) is 0 Å². The number of hydrogen-bond acceptors (Lipinski definition) is 2. The van der Waals surface area contributed by atoms with Gasteiger partial charge in [-0.3, -0.25) is 4.21 Å². The first kappa shape index (κ1) is 20.1. The summed E-state index contributed by atoms with van der Waals surface area (Å²) in [6, 6.07) is 0. The standard InChI is InChI=1S/C17H36O2S/c1-3-4-5-6-7-8-9-10-11-12-15-19-16-13-14-17-20(2)18/h3-17H2,1-2H3. The molecule has 0 aliphatic carbocycles. The molecule has 0 rings (SSSR count). The molecule has 0 aromatic rings. The summed E-state index contributed by atoms with van der Waals surface area (Å²) in [4.78, 5) is 0. The number of unbranched alkanes of at least 4 members (excludes halogenated alkanes) is 10. The van der Waals surface area contributed by atoms with E-state index in [2.05, 4.69) is 6.92 Å². The quantitative estimate of drug-likeness (QED) is 0.372. The van der Waals surface area contributed by atoms with Crippen LogP contribution in [0.15, 0.2) is 0 Å². The molecule has 0 saturated heterocycles. The van der Waals surface area contributed by atoms with E-state index in [1.807, 2.05) is 0 Å². The SMILES string of the molecule is CCCCCCCCCCCCOCCCCS(C)=O. The van der Waals surface area contributed by atoms with Crippen molar-refractivity contribution in [2.24, 2.45) is 0 Å². The summed E-state index contributed by atoms with van der Waals surface area (Å²) in [7, 11) is -0.638. The maximum Gasteiger partial charge on any atom is 0.0466 e. The van der Waals surface area contributed by atoms with Gasteiger partial charge in [-0.25, -0.2) is 0 Å². The van der Waals surface area contributed by atoms with Gasteiger partial charge >= 0.3 is 0 Å². The van der Waals surface area contributed by atoms with Crippen LogP contribution in [0.1, 0.15) is 84.0 Å². The Morgan fingerprint density at radius 3 is 1.65 bits per heavy atom. The van der Waals surface area contributed by atoms with Gasteiger partial charge in [0, 0.05) is 36.0 Å². The van der Waals surface area contributed by atoms with Crippen LogP contribution >= 0.6 is 0 Å². The van der Waals surface area contributed by atoms with E-state index in [1.54, 1.807) is 6.26 Å². The molecule has 0 spiro atoms. The summed E-state index contributed by atoms with van der Waals surface area (Å²) >= 11 is 0. The zero-order valence-corrected chi connectivity index (χ0v) is 14.6. The van der Waals surface area contributed by atoms with E-state index in [0.717, 1.165) is 31.8 Å². The van der Waals surface area contributed by atoms with E-state index in [9.17, 15) is 4.21 Å². The summed E-state index contributed by atoms with van der Waals surface area (Å²) in [5, 5.41) is 0. The number of hydrogen-bond donors (Lipinski definition) is 0. The van der Waals surface area contributed by atoms with E-state index >= 15 is 0 Å². The van der Waals surface area contributed by atoms with Gasteiger partial charge < -0.3 is 4.74 Å². The lowest BCUT2D eigenvalue weighted by atomic mass is 10.1. The van der Waals surface area contributed by atoms with Gasteiger partial charge in [0.15, 0.2) is 0 Å². The predicted molar refractivity (Wildman–Crippen MR) is 90.8 cm³/mol. The summed E-state index contributed by atoms with van der Waals surface area (Å²) in [5.41, 5.74) is 0. The van der Waals surface area contributed by atoms with E-state index < -0.39 is 10.8 Å². The molecule has 0 N–H and O–H groups in total. The van der Waals surface area contributed by atoms with Crippen LogP contribution in [0.5, 0.6) is 0 Å². The Bertz CT molecular complexity index is 207. The fourth-order valence-corrected chi connectivity index (χ4v) is 2.91. The van der Waals surface area contributed by atoms with Gasteiger partial charge in [-0.1, -0.05) is 64.7 Å². The zero-order valence-electron chi connectivity index (χ0n) is 13.8. The van der Waals surface area contributed by atoms with Crippen molar-refractivity contribution >= 4 is 10.8 Å². The van der Waals surface area contributed by atoms with Gasteiger partial charge in [0.05, 0.1) is 0 Å². The molecule has 0 aliphatic rings. The molecule has 0 aliphatic heterocycles. The minimum Gasteiger partial charge on any atom is -0.381 e. The van der Waals surface area contributed by atoms with Crippen LogP contribution in [0.3, 0.4) is 0 Å². The molecule has 0 aromatic carbocycles. The second-order valence-corrected chi connectivity index (χ2v) is 7.33. The summed E-state index contributed by atoms with van der Waals surface area (Å²) in [6.07, 6.45) is 17.6. The fourth-order valence-electron chi connectivity index (χ4n) is 2.30. The molecular weight excluding hydrogens is 268 g/mol. The largest absolute Gasteiger partial charge is 0.381 e. The smallest absolute Gasteiger partial charge is 0.0466 e. The van der Waals surface area contributed by atoms with Crippen molar-refractivity contribution in [3.05, 3.63) is 0 Å². The van der Waals surface area contributed by atoms with Crippen molar-refractivity contribution in [2.45, 2.75) is 84.0 Å². The highest BCUT2D eigenvalue weighted by atomic mass is 32.2. The molecule has 20 heavy (non-hydrogen) atoms. The molecule has 2 nitrogen and oxygen atoms in total. The Morgan fingerprint density at radius 2 is 1.15 bits per heavy atom. The van der Waals surface area contributed by atoms with Gasteiger partial charge in [-0.15, -0.1) is 0 Å². The van der Waals surface area contributed by atoms with Gasteiger partial charge in [0.1, 0.15) is 0 Å². The molecule has 0 amide bonds. The predicted octanol–water partition coefficient (Wildman–Crippen LogP) is 5.08. The molecule has 0 saturated carbocycles. The second kappa shape index (κ2) is 17.2. The van der Waals surface area contributed by atoms with Crippen molar-refractivity contribution in [3.8, 4) is 0 Å². The first-order valence-corrected chi connectivity index (χ1v) is 10.4. The van der Waals surface area contributed by atoms with Crippen molar-refractivity contribution in [2.75, 3.05) is 25.2 Å². The van der Waals surface area contributed by atoms with Crippen molar-refractivity contribution in [3.63, 3.8) is 0 Å². The van der Waals surface area contributed by atoms with Crippen LogP contribution in [-0.4, -0.2) is 29.4 Å². The fraction of sp³-hybridized carbons (Fsp3) is 1.00. The molecule has 1 unspecified atom stereocenters. The van der Waals surface area contributed by atoms with Crippen LogP contribution in [0, 0.1) is 0 Å². The molecule has 1 atom stereocenters. The third-order valence-corrected chi connectivity index (χ3v) is 4.48. The zero-order chi connectivity index (χ0) is 14.9. The van der Waals surface area contributed by atoms with Gasteiger partial charge in [0.2, 0.25) is 0 Å². The number of rotatable bonds is 16. The molecule has 0 radical (unpaired) electrons. The molecular formula is C17H36O2S. The first-order valence-electron chi connectivity index (χ1n) is 8.65. The lowest BCUT2D eigenvalue weighted by Gasteiger charge is -2.04. The summed E-state index contributed by atoms with van der Waals surface area (Å²) in [6.45, 7) is 4.02. The lowest BCUT2D eigenvalue weighted by Crippen LogP contribution is -2.00. The Balaban J connectivity index is 2.94. The summed E-state index contributed by atoms with van der Waals surface area (Å²) < 4.78 is 16.4. The van der Waals surface area contributed by atoms with E-state index in [4.69, 9.17) is 4.74 Å². The average Bonchev–Trinajstić information content (AvgIpc) is 2.43. The monoisotopic (exact) mass is 304 g/mol. The Labute approximate surface area is 129 Å². The molecule has 0 bridgehead atoms. The minimum atomic E-state index is -0.638. The van der Waals surface area contributed by atoms with Crippen LogP contribution in [0.4, 0.5) is 0 Å². The van der Waals surface area contributed by atoms with Crippen molar-refractivity contribution in [1.29, 1.82) is 0 Å². The Kier molecular flexibility index (Phi) is 17.3. The number of ether oxygens (including phenoxy) is 1. The molecule has 3 heteroatoms. The van der Waals surface area contributed by atoms with Crippen LogP contribution in [-0.2, 0) is 15.5 Å².